The molecule has 5 heteroatoms. The van der Waals surface area contributed by atoms with Crippen molar-refractivity contribution in [3.05, 3.63) is 77.9 Å². The number of para-hydroxylation sites is 2. The van der Waals surface area contributed by atoms with Crippen LogP contribution in [-0.4, -0.2) is 24.7 Å². The Balaban J connectivity index is 1.79. The van der Waals surface area contributed by atoms with Crippen molar-refractivity contribution in [1.29, 1.82) is 0 Å². The average molecular weight is 376 g/mol. The number of benzene rings is 2. The van der Waals surface area contributed by atoms with Crippen LogP contribution in [0, 0.1) is 5.92 Å². The maximum Gasteiger partial charge on any atom is 0.253 e. The van der Waals surface area contributed by atoms with Crippen LogP contribution in [0.2, 0.25) is 0 Å². The predicted octanol–water partition coefficient (Wildman–Crippen LogP) is 4.14. The highest BCUT2D eigenvalue weighted by Gasteiger charge is 2.40. The van der Waals surface area contributed by atoms with Crippen LogP contribution >= 0.6 is 0 Å². The van der Waals surface area contributed by atoms with Crippen LogP contribution in [0.3, 0.4) is 0 Å². The zero-order valence-electron chi connectivity index (χ0n) is 15.8. The number of rotatable bonds is 5. The molecule has 1 amide bonds. The van der Waals surface area contributed by atoms with E-state index < -0.39 is 0 Å². The zero-order valence-corrected chi connectivity index (χ0v) is 15.8. The number of fused-ring (bicyclic) bond motifs is 3. The number of hydrogen-bond acceptors (Lipinski definition) is 4. The van der Waals surface area contributed by atoms with E-state index in [9.17, 15) is 9.90 Å². The first-order valence-electron chi connectivity index (χ1n) is 9.46. The van der Waals surface area contributed by atoms with Crippen LogP contribution in [0.1, 0.15) is 39.9 Å². The fourth-order valence-electron chi connectivity index (χ4n) is 4.33. The number of amides is 1. The van der Waals surface area contributed by atoms with Crippen LogP contribution in [0.4, 0.5) is 5.69 Å². The number of phenolic OH excluding ortho intramolecular Hbond substituents is 1. The lowest BCUT2D eigenvalue weighted by Gasteiger charge is -2.38. The van der Waals surface area contributed by atoms with Crippen molar-refractivity contribution in [2.24, 2.45) is 5.92 Å². The molecule has 0 fully saturated rings. The molecule has 144 valence electrons. The molecular formula is C23H24N2O3. The molecular weight excluding hydrogens is 352 g/mol. The molecule has 4 rings (SSSR count). The number of ether oxygens (including phenoxy) is 1. The largest absolute Gasteiger partial charge is 0.504 e. The molecule has 1 aliphatic carbocycles. The molecule has 28 heavy (non-hydrogen) atoms. The van der Waals surface area contributed by atoms with E-state index in [-0.39, 0.29) is 29.5 Å². The molecule has 5 nitrogen and oxygen atoms in total. The van der Waals surface area contributed by atoms with Crippen LogP contribution in [0.25, 0.3) is 0 Å². The fourth-order valence-corrected chi connectivity index (χ4v) is 4.33. The first-order chi connectivity index (χ1) is 13.7. The maximum atomic E-state index is 12.7. The number of methoxy groups -OCH3 is 1. The summed E-state index contributed by atoms with van der Waals surface area (Å²) in [7, 11) is 1.55. The minimum atomic E-state index is -0.140. The van der Waals surface area contributed by atoms with Gasteiger partial charge in [-0.15, -0.1) is 6.58 Å². The van der Waals surface area contributed by atoms with Crippen molar-refractivity contribution in [3.63, 3.8) is 0 Å². The third-order valence-corrected chi connectivity index (χ3v) is 5.63. The van der Waals surface area contributed by atoms with Crippen molar-refractivity contribution in [1.82, 2.24) is 5.32 Å². The minimum Gasteiger partial charge on any atom is -0.504 e. The van der Waals surface area contributed by atoms with E-state index in [4.69, 9.17) is 4.74 Å². The lowest BCUT2D eigenvalue weighted by Crippen LogP contribution is -2.32. The number of carbonyl (C=O) groups excluding carboxylic acids is 1. The number of anilines is 1. The fraction of sp³-hybridized carbons (Fsp3) is 0.261. The Morgan fingerprint density at radius 3 is 2.89 bits per heavy atom. The summed E-state index contributed by atoms with van der Waals surface area (Å²) in [5.41, 5.74) is 3.32. The lowest BCUT2D eigenvalue weighted by molar-refractivity contribution is 0.0958. The van der Waals surface area contributed by atoms with Gasteiger partial charge in [-0.1, -0.05) is 42.5 Å². The summed E-state index contributed by atoms with van der Waals surface area (Å²) in [6, 6.07) is 11.2. The molecule has 3 unspecified atom stereocenters. The quantitative estimate of drug-likeness (QED) is 0.686. The Morgan fingerprint density at radius 1 is 1.32 bits per heavy atom. The Morgan fingerprint density at radius 2 is 2.11 bits per heavy atom. The van der Waals surface area contributed by atoms with E-state index in [0.717, 1.165) is 23.2 Å². The lowest BCUT2D eigenvalue weighted by atomic mass is 9.76. The third kappa shape index (κ3) is 2.93. The molecule has 2 aromatic carbocycles. The highest BCUT2D eigenvalue weighted by Crippen LogP contribution is 2.52. The van der Waals surface area contributed by atoms with Gasteiger partial charge in [-0.3, -0.25) is 4.79 Å². The molecule has 3 N–H and O–H groups in total. The molecule has 0 aromatic heterocycles. The first-order valence-corrected chi connectivity index (χ1v) is 9.46. The summed E-state index contributed by atoms with van der Waals surface area (Å²) in [6.45, 7) is 4.07. The van der Waals surface area contributed by atoms with E-state index in [2.05, 4.69) is 35.4 Å². The standard InChI is InChI=1S/C23H24N2O3/c1-3-13-24-23(27)18-11-5-9-16-14-7-4-8-15(14)20(25-21(16)18)17-10-6-12-19(28-2)22(17)26/h3-7,9-12,14-15,20,25-26H,1,8,13H2,2H3,(H,24,27). The minimum absolute atomic E-state index is 0.129. The van der Waals surface area contributed by atoms with Crippen LogP contribution in [0.15, 0.2) is 61.2 Å². The molecule has 0 spiro atoms. The third-order valence-electron chi connectivity index (χ3n) is 5.63. The molecule has 0 saturated carbocycles. The van der Waals surface area contributed by atoms with Gasteiger partial charge in [0.25, 0.3) is 5.91 Å². The van der Waals surface area contributed by atoms with Crippen LogP contribution in [0.5, 0.6) is 11.5 Å². The van der Waals surface area contributed by atoms with E-state index in [0.29, 0.717) is 17.9 Å². The van der Waals surface area contributed by atoms with E-state index in [1.165, 1.54) is 0 Å². The SMILES string of the molecule is C=CCNC(=O)c1cccc2c1NC(c1cccc(OC)c1O)C1CC=CC21. The normalized spacial score (nSPS) is 22.0. The highest BCUT2D eigenvalue weighted by molar-refractivity contribution is 6.01. The van der Waals surface area contributed by atoms with Crippen molar-refractivity contribution < 1.29 is 14.6 Å². The van der Waals surface area contributed by atoms with E-state index in [1.54, 1.807) is 19.3 Å². The Kier molecular flexibility index (Phi) is 4.82. The summed E-state index contributed by atoms with van der Waals surface area (Å²) < 4.78 is 5.30. The van der Waals surface area contributed by atoms with Crippen molar-refractivity contribution >= 4 is 11.6 Å². The second-order valence-corrected chi connectivity index (χ2v) is 7.14. The predicted molar refractivity (Wildman–Crippen MR) is 110 cm³/mol. The molecule has 3 atom stereocenters. The van der Waals surface area contributed by atoms with Gasteiger partial charge >= 0.3 is 0 Å². The summed E-state index contributed by atoms with van der Waals surface area (Å²) in [5.74, 6) is 0.907. The smallest absolute Gasteiger partial charge is 0.253 e. The highest BCUT2D eigenvalue weighted by atomic mass is 16.5. The summed E-state index contributed by atoms with van der Waals surface area (Å²) >= 11 is 0. The monoisotopic (exact) mass is 376 g/mol. The van der Waals surface area contributed by atoms with Gasteiger partial charge in [0.05, 0.1) is 24.4 Å². The molecule has 0 bridgehead atoms. The van der Waals surface area contributed by atoms with Crippen molar-refractivity contribution in [3.8, 4) is 11.5 Å². The van der Waals surface area contributed by atoms with Gasteiger partial charge in [0.2, 0.25) is 0 Å². The van der Waals surface area contributed by atoms with Gasteiger partial charge < -0.3 is 20.5 Å². The molecule has 2 aliphatic rings. The van der Waals surface area contributed by atoms with Gasteiger partial charge in [0.15, 0.2) is 11.5 Å². The van der Waals surface area contributed by atoms with Crippen molar-refractivity contribution in [2.45, 2.75) is 18.4 Å². The summed E-state index contributed by atoms with van der Waals surface area (Å²) in [6.07, 6.45) is 6.96. The Hall–Kier alpha value is -3.21. The zero-order chi connectivity index (χ0) is 19.7. The summed E-state index contributed by atoms with van der Waals surface area (Å²) in [5, 5.41) is 17.1. The van der Waals surface area contributed by atoms with E-state index >= 15 is 0 Å². The van der Waals surface area contributed by atoms with Gasteiger partial charge in [0.1, 0.15) is 0 Å². The van der Waals surface area contributed by atoms with Gasteiger partial charge in [-0.2, -0.15) is 0 Å². The van der Waals surface area contributed by atoms with E-state index in [1.807, 2.05) is 24.3 Å². The first kappa shape index (κ1) is 18.2. The number of phenols is 1. The topological polar surface area (TPSA) is 70.6 Å². The van der Waals surface area contributed by atoms with Crippen molar-refractivity contribution in [2.75, 3.05) is 19.0 Å². The Labute approximate surface area is 164 Å². The van der Waals surface area contributed by atoms with Crippen LogP contribution in [-0.2, 0) is 0 Å². The number of hydrogen-bond donors (Lipinski definition) is 3. The molecule has 2 aromatic rings. The van der Waals surface area contributed by atoms with Gasteiger partial charge in [-0.05, 0) is 30.0 Å². The molecule has 1 aliphatic heterocycles. The van der Waals surface area contributed by atoms with Gasteiger partial charge in [-0.25, -0.2) is 0 Å². The average Bonchev–Trinajstić information content (AvgIpc) is 3.21. The summed E-state index contributed by atoms with van der Waals surface area (Å²) in [4.78, 5) is 12.7. The Bertz CT molecular complexity index is 951. The second-order valence-electron chi connectivity index (χ2n) is 7.14. The van der Waals surface area contributed by atoms with Gasteiger partial charge in [0, 0.05) is 18.0 Å². The number of nitrogens with one attached hydrogen (secondary N) is 2. The number of aromatic hydroxyl groups is 1. The molecule has 0 saturated heterocycles. The maximum absolute atomic E-state index is 12.7. The molecule has 1 heterocycles. The molecule has 0 radical (unpaired) electrons. The number of allylic oxidation sites excluding steroid dienone is 2. The number of carbonyl (C=O) groups is 1. The second kappa shape index (κ2) is 7.43. The van der Waals surface area contributed by atoms with Crippen LogP contribution < -0.4 is 15.4 Å².